The van der Waals surface area contributed by atoms with Gasteiger partial charge in [0.15, 0.2) is 0 Å². The van der Waals surface area contributed by atoms with Gasteiger partial charge < -0.3 is 9.88 Å². The predicted octanol–water partition coefficient (Wildman–Crippen LogP) is 0.451. The maximum absolute atomic E-state index is 4.36. The Morgan fingerprint density at radius 1 is 1.40 bits per heavy atom. The number of aromatic nitrogens is 2. The molecule has 3 rings (SSSR count). The van der Waals surface area contributed by atoms with Crippen LogP contribution in [0.2, 0.25) is 0 Å². The highest BCUT2D eigenvalue weighted by atomic mass is 15.2. The molecule has 1 aromatic rings. The molecular weight excluding hydrogens is 188 g/mol. The number of fused-ring (bicyclic) bond motifs is 1. The minimum Gasteiger partial charge on any atom is -0.333 e. The van der Waals surface area contributed by atoms with E-state index >= 15 is 0 Å². The van der Waals surface area contributed by atoms with Gasteiger partial charge in [-0.2, -0.15) is 0 Å². The third-order valence-corrected chi connectivity index (χ3v) is 3.26. The Kier molecular flexibility index (Phi) is 2.46. The Labute approximate surface area is 90.3 Å². The first kappa shape index (κ1) is 9.36. The van der Waals surface area contributed by atoms with E-state index in [1.807, 2.05) is 6.20 Å². The lowest BCUT2D eigenvalue weighted by Crippen LogP contribution is -2.38. The smallest absolute Gasteiger partial charge is 0.122 e. The molecule has 0 radical (unpaired) electrons. The maximum atomic E-state index is 4.36. The Bertz CT molecular complexity index is 329. The van der Waals surface area contributed by atoms with Crippen LogP contribution in [-0.2, 0) is 13.1 Å². The zero-order valence-electron chi connectivity index (χ0n) is 9.02. The first-order valence-electron chi connectivity index (χ1n) is 5.87. The van der Waals surface area contributed by atoms with Gasteiger partial charge in [0.25, 0.3) is 0 Å². The number of nitrogens with zero attached hydrogens (tertiary/aromatic N) is 3. The average molecular weight is 206 g/mol. The van der Waals surface area contributed by atoms with Crippen molar-refractivity contribution in [3.8, 4) is 0 Å². The van der Waals surface area contributed by atoms with Gasteiger partial charge in [0.2, 0.25) is 0 Å². The van der Waals surface area contributed by atoms with Crippen LogP contribution < -0.4 is 5.32 Å². The second kappa shape index (κ2) is 3.94. The minimum absolute atomic E-state index is 0.830. The molecular formula is C11H18N4. The summed E-state index contributed by atoms with van der Waals surface area (Å²) >= 11 is 0. The van der Waals surface area contributed by atoms with E-state index in [-0.39, 0.29) is 0 Å². The van der Waals surface area contributed by atoms with Gasteiger partial charge in [-0.05, 0) is 12.8 Å². The molecule has 0 saturated heterocycles. The highest BCUT2D eigenvalue weighted by Crippen LogP contribution is 2.18. The Morgan fingerprint density at radius 2 is 2.33 bits per heavy atom. The number of imidazole rings is 1. The van der Waals surface area contributed by atoms with Crippen molar-refractivity contribution in [2.75, 3.05) is 19.6 Å². The summed E-state index contributed by atoms with van der Waals surface area (Å²) in [7, 11) is 0. The molecule has 0 aromatic carbocycles. The van der Waals surface area contributed by atoms with Crippen LogP contribution in [-0.4, -0.2) is 40.1 Å². The van der Waals surface area contributed by atoms with Crippen LogP contribution in [0.3, 0.4) is 0 Å². The van der Waals surface area contributed by atoms with Gasteiger partial charge in [0.05, 0.1) is 6.54 Å². The van der Waals surface area contributed by atoms with Gasteiger partial charge in [-0.3, -0.25) is 4.90 Å². The first-order valence-corrected chi connectivity index (χ1v) is 5.87. The molecule has 0 amide bonds. The van der Waals surface area contributed by atoms with Crippen molar-refractivity contribution in [3.05, 3.63) is 18.2 Å². The van der Waals surface area contributed by atoms with Crippen LogP contribution in [0, 0.1) is 0 Å². The van der Waals surface area contributed by atoms with Crippen LogP contribution in [0.1, 0.15) is 18.7 Å². The van der Waals surface area contributed by atoms with Gasteiger partial charge in [0, 0.05) is 44.6 Å². The third kappa shape index (κ3) is 2.21. The zero-order chi connectivity index (χ0) is 10.1. The maximum Gasteiger partial charge on any atom is 0.122 e. The topological polar surface area (TPSA) is 33.1 Å². The summed E-state index contributed by atoms with van der Waals surface area (Å²) < 4.78 is 2.25. The lowest BCUT2D eigenvalue weighted by molar-refractivity contribution is 0.217. The molecule has 1 saturated carbocycles. The molecule has 1 aromatic heterocycles. The van der Waals surface area contributed by atoms with Crippen LogP contribution >= 0.6 is 0 Å². The summed E-state index contributed by atoms with van der Waals surface area (Å²) in [5.41, 5.74) is 0. The normalized spacial score (nSPS) is 21.6. The second-order valence-corrected chi connectivity index (χ2v) is 4.54. The van der Waals surface area contributed by atoms with Gasteiger partial charge in [-0.1, -0.05) is 0 Å². The highest BCUT2D eigenvalue weighted by Gasteiger charge is 2.21. The fraction of sp³-hybridized carbons (Fsp3) is 0.727. The number of hydrogen-bond donors (Lipinski definition) is 1. The predicted molar refractivity (Wildman–Crippen MR) is 58.5 cm³/mol. The van der Waals surface area contributed by atoms with Crippen molar-refractivity contribution in [2.45, 2.75) is 32.0 Å². The molecule has 2 aliphatic rings. The Morgan fingerprint density at radius 3 is 3.20 bits per heavy atom. The number of nitrogens with one attached hydrogen (secondary N) is 1. The molecule has 4 nitrogen and oxygen atoms in total. The van der Waals surface area contributed by atoms with Gasteiger partial charge in [-0.25, -0.2) is 4.98 Å². The van der Waals surface area contributed by atoms with Crippen molar-refractivity contribution in [3.63, 3.8) is 0 Å². The van der Waals surface area contributed by atoms with Crippen molar-refractivity contribution >= 4 is 0 Å². The summed E-state index contributed by atoms with van der Waals surface area (Å²) in [5, 5.41) is 3.55. The molecule has 0 bridgehead atoms. The van der Waals surface area contributed by atoms with Gasteiger partial charge in [0.1, 0.15) is 5.82 Å². The minimum atomic E-state index is 0.830. The van der Waals surface area contributed by atoms with E-state index in [1.54, 1.807) is 0 Å². The highest BCUT2D eigenvalue weighted by molar-refractivity contribution is 4.95. The molecule has 82 valence electrons. The van der Waals surface area contributed by atoms with Crippen molar-refractivity contribution in [1.29, 1.82) is 0 Å². The van der Waals surface area contributed by atoms with E-state index < -0.39 is 0 Å². The second-order valence-electron chi connectivity index (χ2n) is 4.54. The van der Waals surface area contributed by atoms with E-state index in [9.17, 15) is 0 Å². The third-order valence-electron chi connectivity index (χ3n) is 3.26. The number of hydrogen-bond acceptors (Lipinski definition) is 3. The lowest BCUT2D eigenvalue weighted by atomic mass is 10.3. The summed E-state index contributed by atoms with van der Waals surface area (Å²) in [6, 6.07) is 0.830. The van der Waals surface area contributed by atoms with Crippen LogP contribution in [0.4, 0.5) is 0 Å². The molecule has 0 atom stereocenters. The molecule has 1 fully saturated rings. The molecule has 2 heterocycles. The zero-order valence-corrected chi connectivity index (χ0v) is 9.02. The van der Waals surface area contributed by atoms with Crippen molar-refractivity contribution in [1.82, 2.24) is 19.8 Å². The molecule has 0 unspecified atom stereocenters. The Hall–Kier alpha value is -0.870. The standard InChI is InChI=1S/C11H18N4/c1-2-10(1)12-3-5-14-7-8-15-6-4-13-11(15)9-14/h4,6,10,12H,1-3,5,7-9H2. The Balaban J connectivity index is 1.47. The quantitative estimate of drug-likeness (QED) is 0.776. The van der Waals surface area contributed by atoms with E-state index in [4.69, 9.17) is 0 Å². The summed E-state index contributed by atoms with van der Waals surface area (Å²) in [6.45, 7) is 5.56. The summed E-state index contributed by atoms with van der Waals surface area (Å²) in [6.07, 6.45) is 6.74. The summed E-state index contributed by atoms with van der Waals surface area (Å²) in [4.78, 5) is 6.85. The molecule has 1 aliphatic heterocycles. The molecule has 4 heteroatoms. The average Bonchev–Trinajstić information content (AvgIpc) is 2.95. The molecule has 0 spiro atoms. The fourth-order valence-electron chi connectivity index (χ4n) is 2.13. The van der Waals surface area contributed by atoms with Gasteiger partial charge in [-0.15, -0.1) is 0 Å². The number of rotatable bonds is 4. The largest absolute Gasteiger partial charge is 0.333 e. The SMILES string of the molecule is c1cn2c(n1)CN(CCNC1CC1)CC2. The van der Waals surface area contributed by atoms with Crippen molar-refractivity contribution < 1.29 is 0 Å². The van der Waals surface area contributed by atoms with E-state index in [0.29, 0.717) is 0 Å². The molecule has 1 aliphatic carbocycles. The summed E-state index contributed by atoms with van der Waals surface area (Å²) in [5.74, 6) is 1.22. The van der Waals surface area contributed by atoms with Crippen molar-refractivity contribution in [2.24, 2.45) is 0 Å². The van der Waals surface area contributed by atoms with E-state index in [2.05, 4.69) is 26.0 Å². The van der Waals surface area contributed by atoms with Crippen LogP contribution in [0.5, 0.6) is 0 Å². The lowest BCUT2D eigenvalue weighted by Gasteiger charge is -2.27. The molecule has 1 N–H and O–H groups in total. The van der Waals surface area contributed by atoms with Gasteiger partial charge >= 0.3 is 0 Å². The van der Waals surface area contributed by atoms with E-state index in [0.717, 1.165) is 38.8 Å². The molecule has 15 heavy (non-hydrogen) atoms. The van der Waals surface area contributed by atoms with Crippen LogP contribution in [0.25, 0.3) is 0 Å². The first-order chi connectivity index (χ1) is 7.42. The monoisotopic (exact) mass is 206 g/mol. The van der Waals surface area contributed by atoms with E-state index in [1.165, 1.54) is 18.7 Å². The van der Waals surface area contributed by atoms with Crippen LogP contribution in [0.15, 0.2) is 12.4 Å². The fourth-order valence-corrected chi connectivity index (χ4v) is 2.13.